The van der Waals surface area contributed by atoms with Gasteiger partial charge in [0.1, 0.15) is 12.2 Å². The number of thiazole rings is 1. The van der Waals surface area contributed by atoms with Crippen molar-refractivity contribution in [2.24, 2.45) is 0 Å². The Morgan fingerprint density at radius 2 is 2.15 bits per heavy atom. The van der Waals surface area contributed by atoms with Crippen LogP contribution in [0.3, 0.4) is 0 Å². The highest BCUT2D eigenvalue weighted by atomic mass is 32.1. The van der Waals surface area contributed by atoms with Crippen molar-refractivity contribution in [1.29, 1.82) is 0 Å². The summed E-state index contributed by atoms with van der Waals surface area (Å²) >= 11 is 1.45. The highest BCUT2D eigenvalue weighted by molar-refractivity contribution is 7.22. The molecule has 8 nitrogen and oxygen atoms in total. The number of carbonyl (C=O) groups excluding carboxylic acids is 1. The van der Waals surface area contributed by atoms with Crippen molar-refractivity contribution in [3.8, 4) is 11.5 Å². The van der Waals surface area contributed by atoms with Gasteiger partial charge in [0.25, 0.3) is 5.56 Å². The summed E-state index contributed by atoms with van der Waals surface area (Å²) in [5, 5.41) is 8.03. The lowest BCUT2D eigenvalue weighted by molar-refractivity contribution is -0.122. The maximum atomic E-state index is 12.9. The van der Waals surface area contributed by atoms with Crippen LogP contribution in [-0.4, -0.2) is 39.8 Å². The average molecular weight is 387 g/mol. The molecule has 3 aromatic rings. The number of amides is 1. The lowest BCUT2D eigenvalue weighted by atomic mass is 10.3. The van der Waals surface area contributed by atoms with Crippen LogP contribution in [0.5, 0.6) is 0 Å². The Hall–Kier alpha value is -2.68. The Bertz CT molecular complexity index is 1020. The van der Waals surface area contributed by atoms with Gasteiger partial charge in [-0.05, 0) is 38.8 Å². The number of carbonyl (C=O) groups is 1. The predicted molar refractivity (Wildman–Crippen MR) is 104 cm³/mol. The van der Waals surface area contributed by atoms with E-state index in [1.54, 1.807) is 18.4 Å². The number of fused-ring (bicyclic) bond motifs is 1. The van der Waals surface area contributed by atoms with Gasteiger partial charge in [-0.3, -0.25) is 9.59 Å². The lowest BCUT2D eigenvalue weighted by Gasteiger charge is -2.11. The summed E-state index contributed by atoms with van der Waals surface area (Å²) in [6, 6.07) is 3.55. The molecule has 1 aliphatic heterocycles. The number of nitrogens with zero attached hydrogens (tertiary/aromatic N) is 4. The lowest BCUT2D eigenvalue weighted by Crippen LogP contribution is -2.37. The molecule has 27 heavy (non-hydrogen) atoms. The Kier molecular flexibility index (Phi) is 4.69. The Morgan fingerprint density at radius 3 is 2.81 bits per heavy atom. The van der Waals surface area contributed by atoms with Gasteiger partial charge in [-0.2, -0.15) is 5.10 Å². The molecule has 1 fully saturated rings. The zero-order valence-electron chi connectivity index (χ0n) is 15.3. The number of hydrogen-bond acceptors (Lipinski definition) is 7. The molecule has 0 radical (unpaired) electrons. The smallest absolute Gasteiger partial charge is 0.294 e. The topological polar surface area (TPSA) is 93.3 Å². The fourth-order valence-corrected chi connectivity index (χ4v) is 4.28. The molecule has 0 aliphatic carbocycles. The molecule has 9 heteroatoms. The predicted octanol–water partition coefficient (Wildman–Crippen LogP) is 2.24. The molecular weight excluding hydrogens is 366 g/mol. The third-order valence-corrected chi connectivity index (χ3v) is 5.49. The molecule has 1 amide bonds. The van der Waals surface area contributed by atoms with E-state index in [1.165, 1.54) is 16.0 Å². The number of aromatic nitrogens is 3. The molecule has 4 heterocycles. The van der Waals surface area contributed by atoms with Crippen molar-refractivity contribution in [3.05, 3.63) is 28.7 Å². The number of nitrogens with one attached hydrogen (secondary N) is 1. The summed E-state index contributed by atoms with van der Waals surface area (Å²) in [4.78, 5) is 31.9. The first-order valence-electron chi connectivity index (χ1n) is 9.03. The first kappa shape index (κ1) is 17.7. The zero-order valence-corrected chi connectivity index (χ0v) is 16.1. The molecule has 0 spiro atoms. The van der Waals surface area contributed by atoms with Crippen LogP contribution in [0.2, 0.25) is 0 Å². The van der Waals surface area contributed by atoms with Gasteiger partial charge in [0.2, 0.25) is 5.91 Å². The first-order valence-corrected chi connectivity index (χ1v) is 9.84. The largest absolute Gasteiger partial charge is 0.463 e. The molecule has 1 N–H and O–H groups in total. The molecule has 0 aromatic carbocycles. The highest BCUT2D eigenvalue weighted by Crippen LogP contribution is 2.34. The number of furan rings is 1. The van der Waals surface area contributed by atoms with E-state index >= 15 is 0 Å². The summed E-state index contributed by atoms with van der Waals surface area (Å²) in [6.45, 7) is 5.46. The second-order valence-electron chi connectivity index (χ2n) is 6.88. The third kappa shape index (κ3) is 3.46. The van der Waals surface area contributed by atoms with Crippen LogP contribution in [0.15, 0.2) is 27.6 Å². The van der Waals surface area contributed by atoms with Crippen LogP contribution in [0, 0.1) is 0 Å². The van der Waals surface area contributed by atoms with E-state index in [0.717, 1.165) is 31.1 Å². The molecule has 1 saturated heterocycles. The maximum absolute atomic E-state index is 12.9. The minimum Gasteiger partial charge on any atom is -0.463 e. The molecule has 0 atom stereocenters. The van der Waals surface area contributed by atoms with Gasteiger partial charge in [-0.15, -0.1) is 0 Å². The molecule has 0 saturated carbocycles. The fraction of sp³-hybridized carbons (Fsp3) is 0.444. The summed E-state index contributed by atoms with van der Waals surface area (Å²) in [7, 11) is 0. The fourth-order valence-electron chi connectivity index (χ4n) is 3.18. The standard InChI is InChI=1S/C18H21N5O3S/c1-11(2)19-13(24)10-23-17(25)15-16(14(21-23)12-6-5-9-26-12)27-18(20-15)22-7-3-4-8-22/h5-6,9,11H,3-4,7-8,10H2,1-2H3,(H,19,24). The van der Waals surface area contributed by atoms with Gasteiger partial charge in [-0.25, -0.2) is 9.67 Å². The third-order valence-electron chi connectivity index (χ3n) is 4.36. The molecule has 0 bridgehead atoms. The van der Waals surface area contributed by atoms with E-state index in [1.807, 2.05) is 13.8 Å². The normalized spacial score (nSPS) is 14.4. The number of hydrogen-bond donors (Lipinski definition) is 1. The molecule has 142 valence electrons. The minimum absolute atomic E-state index is 0.0116. The molecule has 0 unspecified atom stereocenters. The summed E-state index contributed by atoms with van der Waals surface area (Å²) in [6.07, 6.45) is 3.81. The average Bonchev–Trinajstić information content (AvgIpc) is 3.38. The van der Waals surface area contributed by atoms with E-state index in [0.29, 0.717) is 21.7 Å². The Morgan fingerprint density at radius 1 is 1.37 bits per heavy atom. The van der Waals surface area contributed by atoms with Crippen LogP contribution in [0.25, 0.3) is 21.7 Å². The van der Waals surface area contributed by atoms with Gasteiger partial charge in [0.15, 0.2) is 16.4 Å². The zero-order chi connectivity index (χ0) is 19.0. The van der Waals surface area contributed by atoms with Gasteiger partial charge >= 0.3 is 0 Å². The Balaban J connectivity index is 1.83. The van der Waals surface area contributed by atoms with Crippen LogP contribution in [-0.2, 0) is 11.3 Å². The van der Waals surface area contributed by atoms with Crippen molar-refractivity contribution >= 4 is 32.6 Å². The van der Waals surface area contributed by atoms with E-state index in [-0.39, 0.29) is 24.1 Å². The van der Waals surface area contributed by atoms with Crippen LogP contribution >= 0.6 is 11.3 Å². The van der Waals surface area contributed by atoms with Crippen LogP contribution < -0.4 is 15.8 Å². The summed E-state index contributed by atoms with van der Waals surface area (Å²) in [5.74, 6) is 0.286. The van der Waals surface area contributed by atoms with E-state index in [4.69, 9.17) is 4.42 Å². The van der Waals surface area contributed by atoms with E-state index < -0.39 is 0 Å². The first-order chi connectivity index (χ1) is 13.0. The molecule has 4 rings (SSSR count). The molecule has 1 aliphatic rings. The quantitative estimate of drug-likeness (QED) is 0.722. The second-order valence-corrected chi connectivity index (χ2v) is 7.86. The number of rotatable bonds is 5. The van der Waals surface area contributed by atoms with Crippen molar-refractivity contribution in [1.82, 2.24) is 20.1 Å². The van der Waals surface area contributed by atoms with Crippen LogP contribution in [0.4, 0.5) is 5.13 Å². The Labute approximate surface area is 159 Å². The van der Waals surface area contributed by atoms with Gasteiger partial charge in [0, 0.05) is 19.1 Å². The highest BCUT2D eigenvalue weighted by Gasteiger charge is 2.23. The van der Waals surface area contributed by atoms with Gasteiger partial charge in [0.05, 0.1) is 11.0 Å². The van der Waals surface area contributed by atoms with Crippen molar-refractivity contribution in [3.63, 3.8) is 0 Å². The summed E-state index contributed by atoms with van der Waals surface area (Å²) < 4.78 is 7.38. The van der Waals surface area contributed by atoms with Gasteiger partial charge in [-0.1, -0.05) is 11.3 Å². The monoisotopic (exact) mass is 387 g/mol. The molecular formula is C18H21N5O3S. The van der Waals surface area contributed by atoms with E-state index in [2.05, 4.69) is 20.3 Å². The maximum Gasteiger partial charge on any atom is 0.294 e. The number of anilines is 1. The van der Waals surface area contributed by atoms with Gasteiger partial charge < -0.3 is 14.6 Å². The summed E-state index contributed by atoms with van der Waals surface area (Å²) in [5.41, 5.74) is 0.511. The second kappa shape index (κ2) is 7.15. The van der Waals surface area contributed by atoms with E-state index in [9.17, 15) is 9.59 Å². The molecule has 3 aromatic heterocycles. The SMILES string of the molecule is CC(C)NC(=O)Cn1nc(-c2ccco2)c2sc(N3CCCC3)nc2c1=O. The van der Waals surface area contributed by atoms with Crippen molar-refractivity contribution < 1.29 is 9.21 Å². The van der Waals surface area contributed by atoms with Crippen molar-refractivity contribution in [2.75, 3.05) is 18.0 Å². The van der Waals surface area contributed by atoms with Crippen LogP contribution in [0.1, 0.15) is 26.7 Å². The van der Waals surface area contributed by atoms with Crippen molar-refractivity contribution in [2.45, 2.75) is 39.3 Å². The minimum atomic E-state index is -0.360.